The number of ether oxygens (including phenoxy) is 2. The first-order valence-electron chi connectivity index (χ1n) is 6.34. The zero-order chi connectivity index (χ0) is 15.3. The smallest absolute Gasteiger partial charge is 0.411 e. The van der Waals surface area contributed by atoms with Crippen LogP contribution >= 0.6 is 0 Å². The van der Waals surface area contributed by atoms with Crippen molar-refractivity contribution in [3.05, 3.63) is 0 Å². The highest BCUT2D eigenvalue weighted by molar-refractivity contribution is 5.87. The molecule has 0 aromatic heterocycles. The van der Waals surface area contributed by atoms with Crippen molar-refractivity contribution in [2.24, 2.45) is 0 Å². The summed E-state index contributed by atoms with van der Waals surface area (Å²) in [5.41, 5.74) is 3.76. The SMILES string of the molecule is CC(=O)NNC(=O)C1COCCN1C(=O)OC(C)(C)C. The molecule has 8 nitrogen and oxygen atoms in total. The zero-order valence-corrected chi connectivity index (χ0v) is 12.2. The molecular formula is C12H21N3O5. The van der Waals surface area contributed by atoms with E-state index in [9.17, 15) is 14.4 Å². The predicted octanol–water partition coefficient (Wildman–Crippen LogP) is -0.210. The summed E-state index contributed by atoms with van der Waals surface area (Å²) in [5, 5.41) is 0. The molecule has 0 aliphatic carbocycles. The topological polar surface area (TPSA) is 97.0 Å². The van der Waals surface area contributed by atoms with E-state index >= 15 is 0 Å². The van der Waals surface area contributed by atoms with Crippen LogP contribution in [0, 0.1) is 0 Å². The second-order valence-corrected chi connectivity index (χ2v) is 5.43. The van der Waals surface area contributed by atoms with Crippen LogP contribution in [0.2, 0.25) is 0 Å². The monoisotopic (exact) mass is 287 g/mol. The van der Waals surface area contributed by atoms with Gasteiger partial charge in [0.2, 0.25) is 5.91 Å². The van der Waals surface area contributed by atoms with Gasteiger partial charge in [0, 0.05) is 13.5 Å². The Morgan fingerprint density at radius 2 is 1.90 bits per heavy atom. The number of carbonyl (C=O) groups excluding carboxylic acids is 3. The van der Waals surface area contributed by atoms with Crippen LogP contribution in [0.1, 0.15) is 27.7 Å². The number of amides is 3. The summed E-state index contributed by atoms with van der Waals surface area (Å²) in [7, 11) is 0. The van der Waals surface area contributed by atoms with Gasteiger partial charge in [-0.25, -0.2) is 4.79 Å². The van der Waals surface area contributed by atoms with Crippen molar-refractivity contribution in [3.8, 4) is 0 Å². The molecule has 1 aliphatic rings. The van der Waals surface area contributed by atoms with Crippen LogP contribution in [0.25, 0.3) is 0 Å². The van der Waals surface area contributed by atoms with Crippen LogP contribution in [-0.4, -0.2) is 54.2 Å². The molecule has 1 aliphatic heterocycles. The number of morpholine rings is 1. The molecule has 0 saturated carbocycles. The molecule has 1 rings (SSSR count). The molecular weight excluding hydrogens is 266 g/mol. The van der Waals surface area contributed by atoms with Gasteiger partial charge in [-0.2, -0.15) is 0 Å². The van der Waals surface area contributed by atoms with E-state index in [0.29, 0.717) is 6.61 Å². The number of rotatable bonds is 1. The van der Waals surface area contributed by atoms with Crippen molar-refractivity contribution < 1.29 is 23.9 Å². The second kappa shape index (κ2) is 6.56. The lowest BCUT2D eigenvalue weighted by atomic mass is 10.2. The molecule has 2 N–H and O–H groups in total. The first kappa shape index (κ1) is 16.2. The lowest BCUT2D eigenvalue weighted by molar-refractivity contribution is -0.136. The van der Waals surface area contributed by atoms with Crippen molar-refractivity contribution in [2.45, 2.75) is 39.3 Å². The fourth-order valence-electron chi connectivity index (χ4n) is 1.59. The number of hydrogen-bond donors (Lipinski definition) is 2. The van der Waals surface area contributed by atoms with Gasteiger partial charge in [-0.15, -0.1) is 0 Å². The Kier molecular flexibility index (Phi) is 5.32. The number of nitrogens with zero attached hydrogens (tertiary/aromatic N) is 1. The third-order valence-corrected chi connectivity index (χ3v) is 2.42. The number of hydrogen-bond acceptors (Lipinski definition) is 5. The maximum Gasteiger partial charge on any atom is 0.411 e. The van der Waals surface area contributed by atoms with Gasteiger partial charge >= 0.3 is 6.09 Å². The summed E-state index contributed by atoms with van der Waals surface area (Å²) in [5.74, 6) is -0.926. The fourth-order valence-corrected chi connectivity index (χ4v) is 1.59. The lowest BCUT2D eigenvalue weighted by Gasteiger charge is -2.35. The fraction of sp³-hybridized carbons (Fsp3) is 0.750. The maximum atomic E-state index is 12.0. The van der Waals surface area contributed by atoms with Crippen LogP contribution in [-0.2, 0) is 19.1 Å². The predicted molar refractivity (Wildman–Crippen MR) is 69.5 cm³/mol. The first-order chi connectivity index (χ1) is 9.20. The highest BCUT2D eigenvalue weighted by atomic mass is 16.6. The molecule has 0 bridgehead atoms. The molecule has 1 atom stereocenters. The molecule has 1 saturated heterocycles. The summed E-state index contributed by atoms with van der Waals surface area (Å²) in [6, 6.07) is -0.828. The summed E-state index contributed by atoms with van der Waals surface area (Å²) >= 11 is 0. The van der Waals surface area contributed by atoms with E-state index in [1.54, 1.807) is 20.8 Å². The van der Waals surface area contributed by atoms with Crippen LogP contribution < -0.4 is 10.9 Å². The van der Waals surface area contributed by atoms with Gasteiger partial charge in [-0.1, -0.05) is 0 Å². The van der Waals surface area contributed by atoms with Gasteiger partial charge in [0.15, 0.2) is 0 Å². The van der Waals surface area contributed by atoms with E-state index in [0.717, 1.165) is 0 Å². The van der Waals surface area contributed by atoms with E-state index in [1.165, 1.54) is 11.8 Å². The summed E-state index contributed by atoms with van der Waals surface area (Å²) < 4.78 is 10.4. The third kappa shape index (κ3) is 5.04. The highest BCUT2D eigenvalue weighted by Crippen LogP contribution is 2.14. The third-order valence-electron chi connectivity index (χ3n) is 2.42. The van der Waals surface area contributed by atoms with Gasteiger partial charge < -0.3 is 9.47 Å². The first-order valence-corrected chi connectivity index (χ1v) is 6.34. The molecule has 0 spiro atoms. The Bertz CT molecular complexity index is 391. The summed E-state index contributed by atoms with van der Waals surface area (Å²) in [4.78, 5) is 36.0. The van der Waals surface area contributed by atoms with Crippen molar-refractivity contribution in [1.82, 2.24) is 15.8 Å². The Hall–Kier alpha value is -1.83. The van der Waals surface area contributed by atoms with Crippen molar-refractivity contribution in [3.63, 3.8) is 0 Å². The van der Waals surface area contributed by atoms with E-state index in [2.05, 4.69) is 10.9 Å². The number of nitrogens with one attached hydrogen (secondary N) is 2. The zero-order valence-electron chi connectivity index (χ0n) is 12.2. The summed E-state index contributed by atoms with van der Waals surface area (Å²) in [6.45, 7) is 7.16. The Morgan fingerprint density at radius 1 is 1.25 bits per heavy atom. The quantitative estimate of drug-likeness (QED) is 0.650. The van der Waals surface area contributed by atoms with E-state index in [4.69, 9.17) is 9.47 Å². The summed E-state index contributed by atoms with van der Waals surface area (Å²) in [6.07, 6.45) is -0.580. The van der Waals surface area contributed by atoms with Gasteiger partial charge in [0.25, 0.3) is 5.91 Å². The van der Waals surface area contributed by atoms with Crippen LogP contribution in [0.3, 0.4) is 0 Å². The number of hydrazine groups is 1. The minimum Gasteiger partial charge on any atom is -0.444 e. The van der Waals surface area contributed by atoms with Crippen molar-refractivity contribution >= 4 is 17.9 Å². The largest absolute Gasteiger partial charge is 0.444 e. The van der Waals surface area contributed by atoms with Gasteiger partial charge in [-0.3, -0.25) is 25.3 Å². The van der Waals surface area contributed by atoms with E-state index in [1.807, 2.05) is 0 Å². The Labute approximate surface area is 117 Å². The molecule has 114 valence electrons. The Balaban J connectivity index is 2.68. The van der Waals surface area contributed by atoms with Crippen molar-refractivity contribution in [2.75, 3.05) is 19.8 Å². The lowest BCUT2D eigenvalue weighted by Crippen LogP contribution is -2.59. The molecule has 1 heterocycles. The molecule has 0 aromatic carbocycles. The number of carbonyl (C=O) groups is 3. The molecule has 0 radical (unpaired) electrons. The highest BCUT2D eigenvalue weighted by Gasteiger charge is 2.35. The maximum absolute atomic E-state index is 12.0. The average Bonchev–Trinajstić information content (AvgIpc) is 2.33. The van der Waals surface area contributed by atoms with E-state index < -0.39 is 29.6 Å². The van der Waals surface area contributed by atoms with E-state index in [-0.39, 0.29) is 13.2 Å². The molecule has 1 unspecified atom stereocenters. The van der Waals surface area contributed by atoms with Crippen molar-refractivity contribution in [1.29, 1.82) is 0 Å². The Morgan fingerprint density at radius 3 is 2.45 bits per heavy atom. The minimum atomic E-state index is -0.828. The molecule has 1 fully saturated rings. The molecule has 8 heteroatoms. The van der Waals surface area contributed by atoms with Gasteiger partial charge in [0.1, 0.15) is 11.6 Å². The van der Waals surface area contributed by atoms with Crippen LogP contribution in [0.5, 0.6) is 0 Å². The second-order valence-electron chi connectivity index (χ2n) is 5.43. The molecule has 20 heavy (non-hydrogen) atoms. The van der Waals surface area contributed by atoms with Crippen LogP contribution in [0.4, 0.5) is 4.79 Å². The molecule has 0 aromatic rings. The standard InChI is InChI=1S/C12H21N3O5/c1-8(16)13-14-10(17)9-7-19-6-5-15(9)11(18)20-12(2,3)4/h9H,5-7H2,1-4H3,(H,13,16)(H,14,17). The van der Waals surface area contributed by atoms with Gasteiger partial charge in [0.05, 0.1) is 13.2 Å². The molecule has 3 amide bonds. The average molecular weight is 287 g/mol. The normalized spacial score (nSPS) is 19.2. The van der Waals surface area contributed by atoms with Gasteiger partial charge in [-0.05, 0) is 20.8 Å². The minimum absolute atomic E-state index is 0.0602. The van der Waals surface area contributed by atoms with Crippen LogP contribution in [0.15, 0.2) is 0 Å².